The second-order valence-corrected chi connectivity index (χ2v) is 5.65. The van der Waals surface area contributed by atoms with Crippen molar-refractivity contribution in [1.29, 1.82) is 0 Å². The highest BCUT2D eigenvalue weighted by atomic mass is 19.4. The molecule has 0 aromatic heterocycles. The number of rotatable bonds is 4. The van der Waals surface area contributed by atoms with Gasteiger partial charge in [0.2, 0.25) is 0 Å². The fourth-order valence-corrected chi connectivity index (χ4v) is 2.58. The summed E-state index contributed by atoms with van der Waals surface area (Å²) < 4.78 is 38.4. The summed E-state index contributed by atoms with van der Waals surface area (Å²) in [6.07, 6.45) is -4.42. The number of halogens is 3. The maximum Gasteiger partial charge on any atom is 0.416 e. The van der Waals surface area contributed by atoms with Crippen molar-refractivity contribution in [3.63, 3.8) is 0 Å². The number of aryl methyl sites for hydroxylation is 2. The molecule has 1 atom stereocenters. The highest BCUT2D eigenvalue weighted by Crippen LogP contribution is 2.31. The van der Waals surface area contributed by atoms with Gasteiger partial charge in [-0.2, -0.15) is 13.2 Å². The van der Waals surface area contributed by atoms with Crippen LogP contribution in [0.5, 0.6) is 0 Å². The standard InChI is InChI=1S/C18H17F3O2/c1-11-6-7-12(2)15(8-11)16(17(22)23)10-13-4-3-5-14(9-13)18(19,20)21/h3-9,16H,10H2,1-2H3,(H,22,23). The zero-order chi connectivity index (χ0) is 17.2. The number of carbonyl (C=O) groups is 1. The Labute approximate surface area is 132 Å². The molecule has 0 amide bonds. The molecule has 2 rings (SSSR count). The number of carboxylic acid groups (broad SMARTS) is 1. The van der Waals surface area contributed by atoms with Gasteiger partial charge < -0.3 is 5.11 Å². The van der Waals surface area contributed by atoms with Crippen molar-refractivity contribution in [1.82, 2.24) is 0 Å². The minimum absolute atomic E-state index is 0.0174. The second kappa shape index (κ2) is 6.44. The average Bonchev–Trinajstić information content (AvgIpc) is 2.47. The van der Waals surface area contributed by atoms with Crippen LogP contribution in [0.1, 0.15) is 33.7 Å². The van der Waals surface area contributed by atoms with Crippen LogP contribution in [0.25, 0.3) is 0 Å². The number of hydrogen-bond acceptors (Lipinski definition) is 1. The average molecular weight is 322 g/mol. The summed E-state index contributed by atoms with van der Waals surface area (Å²) in [5.74, 6) is -1.92. The van der Waals surface area contributed by atoms with Gasteiger partial charge in [-0.05, 0) is 43.0 Å². The molecule has 0 fully saturated rings. The molecular weight excluding hydrogens is 305 g/mol. The molecule has 0 aliphatic carbocycles. The van der Waals surface area contributed by atoms with Crippen molar-refractivity contribution in [2.75, 3.05) is 0 Å². The van der Waals surface area contributed by atoms with Crippen molar-refractivity contribution in [2.24, 2.45) is 0 Å². The van der Waals surface area contributed by atoms with E-state index in [1.807, 2.05) is 19.1 Å². The maximum absolute atomic E-state index is 12.8. The maximum atomic E-state index is 12.8. The first-order chi connectivity index (χ1) is 10.7. The summed E-state index contributed by atoms with van der Waals surface area (Å²) in [5.41, 5.74) is 1.96. The van der Waals surface area contributed by atoms with Crippen molar-refractivity contribution in [2.45, 2.75) is 32.4 Å². The second-order valence-electron chi connectivity index (χ2n) is 5.65. The molecule has 0 spiro atoms. The van der Waals surface area contributed by atoms with Crippen LogP contribution < -0.4 is 0 Å². The van der Waals surface area contributed by atoms with E-state index in [0.717, 1.165) is 23.3 Å². The molecule has 0 aliphatic rings. The zero-order valence-electron chi connectivity index (χ0n) is 12.8. The van der Waals surface area contributed by atoms with E-state index < -0.39 is 23.6 Å². The van der Waals surface area contributed by atoms with Gasteiger partial charge in [0.1, 0.15) is 0 Å². The third-order valence-corrected chi connectivity index (χ3v) is 3.80. The van der Waals surface area contributed by atoms with E-state index >= 15 is 0 Å². The summed E-state index contributed by atoms with van der Waals surface area (Å²) in [6, 6.07) is 10.3. The van der Waals surface area contributed by atoms with E-state index in [-0.39, 0.29) is 6.42 Å². The topological polar surface area (TPSA) is 37.3 Å². The number of aliphatic carboxylic acids is 1. The Morgan fingerprint density at radius 3 is 2.43 bits per heavy atom. The first kappa shape index (κ1) is 17.1. The van der Waals surface area contributed by atoms with Crippen LogP contribution in [0.2, 0.25) is 0 Å². The predicted molar refractivity (Wildman–Crippen MR) is 81.4 cm³/mol. The van der Waals surface area contributed by atoms with Crippen LogP contribution in [-0.2, 0) is 17.4 Å². The summed E-state index contributed by atoms with van der Waals surface area (Å²) in [4.78, 5) is 11.6. The van der Waals surface area contributed by atoms with Crippen molar-refractivity contribution >= 4 is 5.97 Å². The molecule has 0 saturated heterocycles. The Kier molecular flexibility index (Phi) is 4.78. The minimum atomic E-state index is -4.44. The Bertz CT molecular complexity index is 720. The number of carboxylic acids is 1. The van der Waals surface area contributed by atoms with Crippen LogP contribution in [-0.4, -0.2) is 11.1 Å². The summed E-state index contributed by atoms with van der Waals surface area (Å²) in [6.45, 7) is 3.66. The SMILES string of the molecule is Cc1ccc(C)c(C(Cc2cccc(C(F)(F)F)c2)C(=O)O)c1. The summed E-state index contributed by atoms with van der Waals surface area (Å²) in [5, 5.41) is 9.51. The lowest BCUT2D eigenvalue weighted by molar-refractivity contribution is -0.138. The van der Waals surface area contributed by atoms with E-state index in [0.29, 0.717) is 11.1 Å². The molecule has 23 heavy (non-hydrogen) atoms. The number of hydrogen-bond donors (Lipinski definition) is 1. The van der Waals surface area contributed by atoms with Gasteiger partial charge in [-0.15, -0.1) is 0 Å². The molecule has 0 aliphatic heterocycles. The van der Waals surface area contributed by atoms with Crippen LogP contribution in [0.3, 0.4) is 0 Å². The van der Waals surface area contributed by atoms with Gasteiger partial charge >= 0.3 is 12.1 Å². The molecule has 0 radical (unpaired) electrons. The van der Waals surface area contributed by atoms with Crippen molar-refractivity contribution in [3.8, 4) is 0 Å². The van der Waals surface area contributed by atoms with Crippen LogP contribution in [0, 0.1) is 13.8 Å². The molecular formula is C18H17F3O2. The normalized spacial score (nSPS) is 12.9. The zero-order valence-corrected chi connectivity index (χ0v) is 12.8. The van der Waals surface area contributed by atoms with Gasteiger partial charge in [-0.3, -0.25) is 4.79 Å². The van der Waals surface area contributed by atoms with Gasteiger partial charge in [0.15, 0.2) is 0 Å². The highest BCUT2D eigenvalue weighted by Gasteiger charge is 2.31. The largest absolute Gasteiger partial charge is 0.481 e. The smallest absolute Gasteiger partial charge is 0.416 e. The quantitative estimate of drug-likeness (QED) is 0.883. The van der Waals surface area contributed by atoms with Crippen molar-refractivity contribution in [3.05, 3.63) is 70.3 Å². The van der Waals surface area contributed by atoms with Gasteiger partial charge in [-0.25, -0.2) is 0 Å². The van der Waals surface area contributed by atoms with Gasteiger partial charge in [0.25, 0.3) is 0 Å². The van der Waals surface area contributed by atoms with E-state index in [2.05, 4.69) is 0 Å². The third-order valence-electron chi connectivity index (χ3n) is 3.80. The predicted octanol–water partition coefficient (Wildman–Crippen LogP) is 4.73. The van der Waals surface area contributed by atoms with Gasteiger partial charge in [-0.1, -0.05) is 42.0 Å². The summed E-state index contributed by atoms with van der Waals surface area (Å²) >= 11 is 0. The molecule has 2 nitrogen and oxygen atoms in total. The van der Waals surface area contributed by atoms with Gasteiger partial charge in [0.05, 0.1) is 11.5 Å². The van der Waals surface area contributed by atoms with Gasteiger partial charge in [0, 0.05) is 0 Å². The van der Waals surface area contributed by atoms with Crippen LogP contribution >= 0.6 is 0 Å². The molecule has 2 aromatic carbocycles. The Morgan fingerprint density at radius 1 is 1.13 bits per heavy atom. The first-order valence-corrected chi connectivity index (χ1v) is 7.14. The fourth-order valence-electron chi connectivity index (χ4n) is 2.58. The van der Waals surface area contributed by atoms with E-state index in [9.17, 15) is 23.1 Å². The molecule has 0 heterocycles. The molecule has 0 bridgehead atoms. The molecule has 1 unspecified atom stereocenters. The Morgan fingerprint density at radius 2 is 1.83 bits per heavy atom. The third kappa shape index (κ3) is 4.12. The molecule has 0 saturated carbocycles. The lowest BCUT2D eigenvalue weighted by Gasteiger charge is -2.17. The highest BCUT2D eigenvalue weighted by molar-refractivity contribution is 5.77. The van der Waals surface area contributed by atoms with E-state index in [1.54, 1.807) is 13.0 Å². The fraction of sp³-hybridized carbons (Fsp3) is 0.278. The van der Waals surface area contributed by atoms with Crippen molar-refractivity contribution < 1.29 is 23.1 Å². The van der Waals surface area contributed by atoms with E-state index in [1.165, 1.54) is 12.1 Å². The monoisotopic (exact) mass is 322 g/mol. The molecule has 2 aromatic rings. The Balaban J connectivity index is 2.38. The van der Waals surface area contributed by atoms with E-state index in [4.69, 9.17) is 0 Å². The minimum Gasteiger partial charge on any atom is -0.481 e. The first-order valence-electron chi connectivity index (χ1n) is 7.14. The lowest BCUT2D eigenvalue weighted by Crippen LogP contribution is -2.16. The number of benzene rings is 2. The molecule has 5 heteroatoms. The summed E-state index contributed by atoms with van der Waals surface area (Å²) in [7, 11) is 0. The van der Waals surface area contributed by atoms with Crippen LogP contribution in [0.4, 0.5) is 13.2 Å². The Hall–Kier alpha value is -2.30. The number of alkyl halides is 3. The lowest BCUT2D eigenvalue weighted by atomic mass is 9.88. The molecule has 122 valence electrons. The van der Waals surface area contributed by atoms with Crippen LogP contribution in [0.15, 0.2) is 42.5 Å². The molecule has 1 N–H and O–H groups in total.